The summed E-state index contributed by atoms with van der Waals surface area (Å²) in [5, 5.41) is 11.0. The van der Waals surface area contributed by atoms with E-state index in [0.29, 0.717) is 27.7 Å². The molecule has 1 aromatic carbocycles. The lowest BCUT2D eigenvalue weighted by molar-refractivity contribution is 0.102. The van der Waals surface area contributed by atoms with Gasteiger partial charge < -0.3 is 20.3 Å². The summed E-state index contributed by atoms with van der Waals surface area (Å²) < 4.78 is 7.32. The van der Waals surface area contributed by atoms with Crippen LogP contribution in [-0.4, -0.2) is 57.8 Å². The van der Waals surface area contributed by atoms with Crippen LogP contribution in [-0.2, 0) is 0 Å². The quantitative estimate of drug-likeness (QED) is 0.520. The number of benzene rings is 1. The molecule has 1 amide bonds. The van der Waals surface area contributed by atoms with Gasteiger partial charge in [0.1, 0.15) is 5.56 Å². The van der Waals surface area contributed by atoms with Gasteiger partial charge in [0, 0.05) is 12.4 Å². The topological polar surface area (TPSA) is 97.2 Å². The molecule has 1 aliphatic rings. The number of aromatic nitrogens is 4. The highest BCUT2D eigenvalue weighted by atomic mass is 35.5. The van der Waals surface area contributed by atoms with Crippen LogP contribution in [0.15, 0.2) is 36.8 Å². The molecule has 1 unspecified atom stereocenters. The third kappa shape index (κ3) is 5.55. The second-order valence-electron chi connectivity index (χ2n) is 7.89. The molecule has 0 saturated carbocycles. The number of anilines is 3. The zero-order chi connectivity index (χ0) is 23.4. The van der Waals surface area contributed by atoms with E-state index in [1.165, 1.54) is 13.3 Å². The molecule has 33 heavy (non-hydrogen) atoms. The number of ether oxygens (including phenoxy) is 1. The molecule has 3 aromatic rings. The largest absolute Gasteiger partial charge is 0.480 e. The monoisotopic (exact) mass is 489 g/mol. The summed E-state index contributed by atoms with van der Waals surface area (Å²) in [6, 6.07) is 5.33. The number of hydrogen-bond acceptors (Lipinski definition) is 7. The van der Waals surface area contributed by atoms with Crippen molar-refractivity contribution in [2.24, 2.45) is 0 Å². The standard InChI is InChI=1S/C22H25Cl2N7O2/c1-30-9-4-5-15(8-10-30)31-13-14(11-26-31)27-22-25-12-16(21(29-22)33-2)20(32)28-19-17(23)6-3-7-18(19)24/h3,6-7,11-13,15H,4-5,8-10H2,1-2H3,(H,28,32)(H,25,27,29). The van der Waals surface area contributed by atoms with E-state index in [9.17, 15) is 4.79 Å². The van der Waals surface area contributed by atoms with Crippen molar-refractivity contribution in [3.8, 4) is 5.88 Å². The van der Waals surface area contributed by atoms with E-state index in [0.717, 1.165) is 38.0 Å². The average Bonchev–Trinajstić information content (AvgIpc) is 3.15. The molecule has 174 valence electrons. The van der Waals surface area contributed by atoms with Gasteiger partial charge in [-0.2, -0.15) is 10.1 Å². The number of methoxy groups -OCH3 is 1. The van der Waals surface area contributed by atoms with Crippen LogP contribution in [0.1, 0.15) is 35.7 Å². The first-order valence-corrected chi connectivity index (χ1v) is 11.4. The fourth-order valence-corrected chi connectivity index (χ4v) is 4.25. The lowest BCUT2D eigenvalue weighted by atomic mass is 10.1. The van der Waals surface area contributed by atoms with Crippen molar-refractivity contribution in [3.63, 3.8) is 0 Å². The lowest BCUT2D eigenvalue weighted by Crippen LogP contribution is -2.19. The summed E-state index contributed by atoms with van der Waals surface area (Å²) in [5.41, 5.74) is 1.22. The molecular weight excluding hydrogens is 465 g/mol. The molecule has 11 heteroatoms. The number of nitrogens with one attached hydrogen (secondary N) is 2. The summed E-state index contributed by atoms with van der Waals surface area (Å²) in [6.45, 7) is 2.16. The average molecular weight is 490 g/mol. The molecule has 4 rings (SSSR count). The maximum Gasteiger partial charge on any atom is 0.262 e. The first kappa shape index (κ1) is 23.3. The van der Waals surface area contributed by atoms with Gasteiger partial charge in [-0.15, -0.1) is 0 Å². The van der Waals surface area contributed by atoms with Crippen molar-refractivity contribution in [1.29, 1.82) is 0 Å². The lowest BCUT2D eigenvalue weighted by Gasteiger charge is -2.15. The number of likely N-dealkylation sites (tertiary alicyclic amines) is 1. The van der Waals surface area contributed by atoms with Crippen molar-refractivity contribution in [1.82, 2.24) is 24.6 Å². The van der Waals surface area contributed by atoms with Crippen molar-refractivity contribution in [2.45, 2.75) is 25.3 Å². The van der Waals surface area contributed by atoms with Crippen LogP contribution in [0.25, 0.3) is 0 Å². The normalized spacial score (nSPS) is 16.8. The molecule has 3 heterocycles. The summed E-state index contributed by atoms with van der Waals surface area (Å²) in [6.07, 6.45) is 8.37. The molecule has 0 radical (unpaired) electrons. The van der Waals surface area contributed by atoms with Gasteiger partial charge in [-0.25, -0.2) is 4.98 Å². The van der Waals surface area contributed by atoms with Gasteiger partial charge in [0.25, 0.3) is 5.91 Å². The molecule has 1 saturated heterocycles. The Balaban J connectivity index is 1.47. The number of hydrogen-bond donors (Lipinski definition) is 2. The molecule has 0 aliphatic carbocycles. The maximum atomic E-state index is 12.8. The van der Waals surface area contributed by atoms with E-state index in [1.54, 1.807) is 24.4 Å². The summed E-state index contributed by atoms with van der Waals surface area (Å²) in [4.78, 5) is 23.7. The Bertz CT molecular complexity index is 1120. The highest BCUT2D eigenvalue weighted by molar-refractivity contribution is 6.40. The molecule has 9 nitrogen and oxygen atoms in total. The van der Waals surface area contributed by atoms with E-state index in [4.69, 9.17) is 27.9 Å². The van der Waals surface area contributed by atoms with E-state index in [2.05, 4.69) is 37.6 Å². The Morgan fingerprint density at radius 3 is 2.73 bits per heavy atom. The first-order valence-electron chi connectivity index (χ1n) is 10.6. The fourth-order valence-electron chi connectivity index (χ4n) is 3.75. The van der Waals surface area contributed by atoms with Crippen LogP contribution in [0, 0.1) is 0 Å². The van der Waals surface area contributed by atoms with Gasteiger partial charge >= 0.3 is 0 Å². The summed E-state index contributed by atoms with van der Waals surface area (Å²) in [7, 11) is 3.59. The number of nitrogens with zero attached hydrogens (tertiary/aromatic N) is 5. The van der Waals surface area contributed by atoms with Gasteiger partial charge in [0.2, 0.25) is 11.8 Å². The van der Waals surface area contributed by atoms with Gasteiger partial charge in [0.05, 0.1) is 40.8 Å². The van der Waals surface area contributed by atoms with Gasteiger partial charge in [-0.3, -0.25) is 9.48 Å². The number of carbonyl (C=O) groups excluding carboxylic acids is 1. The van der Waals surface area contributed by atoms with Crippen LogP contribution in [0.2, 0.25) is 10.0 Å². The fraction of sp³-hybridized carbons (Fsp3) is 0.364. The van der Waals surface area contributed by atoms with E-state index >= 15 is 0 Å². The smallest absolute Gasteiger partial charge is 0.262 e. The highest BCUT2D eigenvalue weighted by Crippen LogP contribution is 2.31. The summed E-state index contributed by atoms with van der Waals surface area (Å²) in [5.74, 6) is -0.0775. The zero-order valence-electron chi connectivity index (χ0n) is 18.4. The van der Waals surface area contributed by atoms with E-state index < -0.39 is 5.91 Å². The number of amides is 1. The maximum absolute atomic E-state index is 12.8. The van der Waals surface area contributed by atoms with E-state index in [-0.39, 0.29) is 11.4 Å². The predicted molar refractivity (Wildman–Crippen MR) is 129 cm³/mol. The Morgan fingerprint density at radius 1 is 1.18 bits per heavy atom. The Hall–Kier alpha value is -2.88. The SMILES string of the molecule is COc1nc(Nc2cnn(C3CCCN(C)CC3)c2)ncc1C(=O)Nc1c(Cl)cccc1Cl. The number of para-hydroxylation sites is 1. The molecule has 1 atom stereocenters. The second kappa shape index (κ2) is 10.4. The minimum absolute atomic E-state index is 0.118. The number of carbonyl (C=O) groups is 1. The summed E-state index contributed by atoms with van der Waals surface area (Å²) >= 11 is 12.3. The molecule has 2 aromatic heterocycles. The predicted octanol–water partition coefficient (Wildman–Crippen LogP) is 4.64. The minimum atomic E-state index is -0.487. The van der Waals surface area contributed by atoms with Crippen LogP contribution >= 0.6 is 23.2 Å². The van der Waals surface area contributed by atoms with Gasteiger partial charge in [-0.1, -0.05) is 29.3 Å². The third-order valence-electron chi connectivity index (χ3n) is 5.55. The second-order valence-corrected chi connectivity index (χ2v) is 8.70. The Morgan fingerprint density at radius 2 is 1.97 bits per heavy atom. The molecule has 1 aliphatic heterocycles. The van der Waals surface area contributed by atoms with E-state index in [1.807, 2.05) is 10.9 Å². The van der Waals surface area contributed by atoms with Crippen LogP contribution in [0.5, 0.6) is 5.88 Å². The van der Waals surface area contributed by atoms with Crippen LogP contribution in [0.3, 0.4) is 0 Å². The zero-order valence-corrected chi connectivity index (χ0v) is 19.9. The van der Waals surface area contributed by atoms with Gasteiger partial charge in [0.15, 0.2) is 0 Å². The number of halogens is 2. The Kier molecular flexibility index (Phi) is 7.32. The molecule has 0 spiro atoms. The van der Waals surface area contributed by atoms with Gasteiger partial charge in [-0.05, 0) is 51.5 Å². The van der Waals surface area contributed by atoms with Crippen molar-refractivity contribution in [3.05, 3.63) is 52.4 Å². The van der Waals surface area contributed by atoms with Crippen LogP contribution < -0.4 is 15.4 Å². The molecular formula is C22H25Cl2N7O2. The van der Waals surface area contributed by atoms with Crippen LogP contribution in [0.4, 0.5) is 17.3 Å². The molecule has 2 N–H and O–H groups in total. The van der Waals surface area contributed by atoms with Crippen molar-refractivity contribution < 1.29 is 9.53 Å². The minimum Gasteiger partial charge on any atom is -0.480 e. The first-order chi connectivity index (χ1) is 15.9. The van der Waals surface area contributed by atoms with Crippen molar-refractivity contribution in [2.75, 3.05) is 37.9 Å². The highest BCUT2D eigenvalue weighted by Gasteiger charge is 2.20. The number of rotatable bonds is 6. The Labute approximate surface area is 202 Å². The molecule has 1 fully saturated rings. The molecule has 0 bridgehead atoms. The third-order valence-corrected chi connectivity index (χ3v) is 6.18. The van der Waals surface area contributed by atoms with Crippen molar-refractivity contribution >= 4 is 46.4 Å².